The van der Waals surface area contributed by atoms with Crippen LogP contribution in [0.25, 0.3) is 0 Å². The van der Waals surface area contributed by atoms with Crippen molar-refractivity contribution in [3.8, 4) is 0 Å². The number of nitrogens with two attached hydrogens (primary N) is 1. The highest BCUT2D eigenvalue weighted by atomic mass is 16.3. The van der Waals surface area contributed by atoms with Crippen LogP contribution in [0.2, 0.25) is 0 Å². The van der Waals surface area contributed by atoms with Gasteiger partial charge in [0, 0.05) is 12.0 Å². The number of hydrogen-bond donors (Lipinski definition) is 3. The molecule has 4 N–H and O–H groups in total. The van der Waals surface area contributed by atoms with Crippen LogP contribution in [0, 0.1) is 5.41 Å². The molecule has 0 aromatic carbocycles. The molecule has 1 saturated carbocycles. The van der Waals surface area contributed by atoms with Crippen LogP contribution < -0.4 is 11.1 Å². The van der Waals surface area contributed by atoms with E-state index < -0.39 is 0 Å². The van der Waals surface area contributed by atoms with Gasteiger partial charge >= 0.3 is 0 Å². The van der Waals surface area contributed by atoms with E-state index in [1.807, 2.05) is 0 Å². The standard InChI is InChI=1S/C12H20N4O/c13-10-6-14-11(15-7-10)16-8-12(9-17)4-2-1-3-5-12/h6-7,17H,1-5,8-9,13H2,(H,14,15,16). The van der Waals surface area contributed by atoms with E-state index in [2.05, 4.69) is 15.3 Å². The van der Waals surface area contributed by atoms with Crippen molar-refractivity contribution < 1.29 is 5.11 Å². The molecular weight excluding hydrogens is 216 g/mol. The van der Waals surface area contributed by atoms with Crippen LogP contribution in [-0.2, 0) is 0 Å². The number of nitrogens with one attached hydrogen (secondary N) is 1. The Kier molecular flexibility index (Phi) is 3.78. The van der Waals surface area contributed by atoms with E-state index in [0.29, 0.717) is 11.6 Å². The van der Waals surface area contributed by atoms with Gasteiger partial charge < -0.3 is 16.2 Å². The lowest BCUT2D eigenvalue weighted by Gasteiger charge is -2.35. The van der Waals surface area contributed by atoms with E-state index in [4.69, 9.17) is 5.73 Å². The first-order valence-corrected chi connectivity index (χ1v) is 6.16. The molecule has 1 heterocycles. The van der Waals surface area contributed by atoms with Gasteiger partial charge in [0.15, 0.2) is 0 Å². The first-order chi connectivity index (χ1) is 8.24. The third kappa shape index (κ3) is 3.06. The van der Waals surface area contributed by atoms with Gasteiger partial charge in [-0.1, -0.05) is 19.3 Å². The van der Waals surface area contributed by atoms with Crippen LogP contribution in [0.5, 0.6) is 0 Å². The molecule has 1 aromatic heterocycles. The summed E-state index contributed by atoms with van der Waals surface area (Å²) < 4.78 is 0. The number of aliphatic hydroxyl groups excluding tert-OH is 1. The molecule has 0 atom stereocenters. The van der Waals surface area contributed by atoms with Gasteiger partial charge in [0.2, 0.25) is 5.95 Å². The zero-order chi connectivity index (χ0) is 12.1. The summed E-state index contributed by atoms with van der Waals surface area (Å²) in [6.45, 7) is 0.961. The van der Waals surface area contributed by atoms with Crippen LogP contribution in [0.15, 0.2) is 12.4 Å². The van der Waals surface area contributed by atoms with Gasteiger partial charge in [-0.3, -0.25) is 0 Å². The van der Waals surface area contributed by atoms with Crippen molar-refractivity contribution in [2.24, 2.45) is 5.41 Å². The van der Waals surface area contributed by atoms with Crippen molar-refractivity contribution in [1.29, 1.82) is 0 Å². The van der Waals surface area contributed by atoms with E-state index in [-0.39, 0.29) is 12.0 Å². The number of hydrogen-bond acceptors (Lipinski definition) is 5. The molecule has 1 fully saturated rings. The highest BCUT2D eigenvalue weighted by Gasteiger charge is 2.31. The summed E-state index contributed by atoms with van der Waals surface area (Å²) in [5.74, 6) is 0.581. The second-order valence-corrected chi connectivity index (χ2v) is 4.91. The van der Waals surface area contributed by atoms with Crippen molar-refractivity contribution >= 4 is 11.6 Å². The Morgan fingerprint density at radius 2 is 1.88 bits per heavy atom. The second-order valence-electron chi connectivity index (χ2n) is 4.91. The summed E-state index contributed by atoms with van der Waals surface area (Å²) in [5, 5.41) is 12.8. The molecule has 0 bridgehead atoms. The molecule has 1 aliphatic rings. The van der Waals surface area contributed by atoms with Crippen LogP contribution in [-0.4, -0.2) is 28.2 Å². The zero-order valence-corrected chi connectivity index (χ0v) is 10.0. The summed E-state index contributed by atoms with van der Waals surface area (Å²) in [6, 6.07) is 0. The maximum absolute atomic E-state index is 9.56. The monoisotopic (exact) mass is 236 g/mol. The minimum atomic E-state index is 0.00297. The smallest absolute Gasteiger partial charge is 0.222 e. The van der Waals surface area contributed by atoms with Crippen molar-refractivity contribution in [3.05, 3.63) is 12.4 Å². The predicted molar refractivity (Wildman–Crippen MR) is 67.5 cm³/mol. The van der Waals surface area contributed by atoms with Gasteiger partial charge in [-0.25, -0.2) is 9.97 Å². The number of anilines is 2. The molecule has 0 aliphatic heterocycles. The van der Waals surface area contributed by atoms with Gasteiger partial charge in [-0.2, -0.15) is 0 Å². The van der Waals surface area contributed by atoms with E-state index >= 15 is 0 Å². The number of aliphatic hydroxyl groups is 1. The van der Waals surface area contributed by atoms with Gasteiger partial charge in [0.05, 0.1) is 24.7 Å². The number of aromatic nitrogens is 2. The van der Waals surface area contributed by atoms with E-state index in [9.17, 15) is 5.11 Å². The lowest BCUT2D eigenvalue weighted by molar-refractivity contribution is 0.0942. The zero-order valence-electron chi connectivity index (χ0n) is 10.0. The van der Waals surface area contributed by atoms with Gasteiger partial charge in [0.25, 0.3) is 0 Å². The minimum absolute atomic E-state index is 0.00297. The fourth-order valence-electron chi connectivity index (χ4n) is 2.39. The summed E-state index contributed by atoms with van der Waals surface area (Å²) in [6.07, 6.45) is 9.00. The van der Waals surface area contributed by atoms with E-state index in [1.54, 1.807) is 12.4 Å². The van der Waals surface area contributed by atoms with Crippen LogP contribution in [0.1, 0.15) is 32.1 Å². The molecule has 0 amide bonds. The summed E-state index contributed by atoms with van der Waals surface area (Å²) >= 11 is 0. The van der Waals surface area contributed by atoms with Crippen LogP contribution >= 0.6 is 0 Å². The van der Waals surface area contributed by atoms with Gasteiger partial charge in [-0.15, -0.1) is 0 Å². The number of nitrogens with zero attached hydrogens (tertiary/aromatic N) is 2. The summed E-state index contributed by atoms with van der Waals surface area (Å²) in [5.41, 5.74) is 6.09. The molecule has 17 heavy (non-hydrogen) atoms. The average Bonchev–Trinajstić information content (AvgIpc) is 2.39. The number of nitrogen functional groups attached to an aromatic ring is 1. The van der Waals surface area contributed by atoms with Gasteiger partial charge in [0.1, 0.15) is 0 Å². The first-order valence-electron chi connectivity index (χ1n) is 6.16. The van der Waals surface area contributed by atoms with Crippen molar-refractivity contribution in [2.45, 2.75) is 32.1 Å². The fourth-order valence-corrected chi connectivity index (χ4v) is 2.39. The SMILES string of the molecule is Nc1cnc(NCC2(CO)CCCCC2)nc1. The molecule has 5 nitrogen and oxygen atoms in total. The molecule has 0 unspecified atom stereocenters. The van der Waals surface area contributed by atoms with Crippen LogP contribution in [0.3, 0.4) is 0 Å². The summed E-state index contributed by atoms with van der Waals surface area (Å²) in [7, 11) is 0. The molecule has 94 valence electrons. The first kappa shape index (κ1) is 12.1. The molecule has 0 radical (unpaired) electrons. The Hall–Kier alpha value is -1.36. The normalized spacial score (nSPS) is 18.9. The molecule has 0 spiro atoms. The number of rotatable bonds is 4. The fraction of sp³-hybridized carbons (Fsp3) is 0.667. The summed E-state index contributed by atoms with van der Waals surface area (Å²) in [4.78, 5) is 8.20. The van der Waals surface area contributed by atoms with Crippen LogP contribution in [0.4, 0.5) is 11.6 Å². The highest BCUT2D eigenvalue weighted by molar-refractivity contribution is 5.36. The quantitative estimate of drug-likeness (QED) is 0.736. The Balaban J connectivity index is 1.93. The Bertz CT molecular complexity index is 346. The third-order valence-corrected chi connectivity index (χ3v) is 3.54. The lowest BCUT2D eigenvalue weighted by atomic mass is 9.74. The van der Waals surface area contributed by atoms with Crippen molar-refractivity contribution in [2.75, 3.05) is 24.2 Å². The Morgan fingerprint density at radius 3 is 2.47 bits per heavy atom. The molecular formula is C12H20N4O. The second kappa shape index (κ2) is 5.31. The molecule has 1 aromatic rings. The van der Waals surface area contributed by atoms with Gasteiger partial charge in [-0.05, 0) is 12.8 Å². The molecule has 5 heteroatoms. The predicted octanol–water partition coefficient (Wildman–Crippen LogP) is 1.41. The Morgan fingerprint density at radius 1 is 1.24 bits per heavy atom. The maximum Gasteiger partial charge on any atom is 0.222 e. The topological polar surface area (TPSA) is 84.1 Å². The minimum Gasteiger partial charge on any atom is -0.396 e. The largest absolute Gasteiger partial charge is 0.396 e. The average molecular weight is 236 g/mol. The van der Waals surface area contributed by atoms with E-state index in [0.717, 1.165) is 19.4 Å². The van der Waals surface area contributed by atoms with E-state index in [1.165, 1.54) is 19.3 Å². The Labute approximate surface area is 101 Å². The molecule has 2 rings (SSSR count). The highest BCUT2D eigenvalue weighted by Crippen LogP contribution is 2.35. The lowest BCUT2D eigenvalue weighted by Crippen LogP contribution is -2.35. The molecule has 1 aliphatic carbocycles. The maximum atomic E-state index is 9.56. The van der Waals surface area contributed by atoms with Crippen molar-refractivity contribution in [1.82, 2.24) is 9.97 Å². The molecule has 0 saturated heterocycles. The third-order valence-electron chi connectivity index (χ3n) is 3.54. The van der Waals surface area contributed by atoms with Crippen molar-refractivity contribution in [3.63, 3.8) is 0 Å².